The van der Waals surface area contributed by atoms with Gasteiger partial charge in [-0.2, -0.15) is 11.8 Å². The van der Waals surface area contributed by atoms with E-state index in [1.807, 2.05) is 0 Å². The van der Waals surface area contributed by atoms with Crippen LogP contribution in [-0.2, 0) is 35.2 Å². The van der Waals surface area contributed by atoms with Gasteiger partial charge < -0.3 is 47.9 Å². The molecule has 0 aliphatic carbocycles. The van der Waals surface area contributed by atoms with Crippen molar-refractivity contribution in [2.24, 2.45) is 11.5 Å². The third-order valence-corrected chi connectivity index (χ3v) is 6.87. The number of nitrogens with one attached hydrogen (secondary N) is 5. The maximum Gasteiger partial charge on any atom is 0.326 e. The van der Waals surface area contributed by atoms with Gasteiger partial charge in [0, 0.05) is 23.5 Å². The van der Waals surface area contributed by atoms with Gasteiger partial charge in [-0.15, -0.1) is 0 Å². The predicted molar refractivity (Wildman–Crippen MR) is 155 cm³/mol. The van der Waals surface area contributed by atoms with Crippen molar-refractivity contribution in [3.05, 3.63) is 36.0 Å². The number of carboxylic acid groups (broad SMARTS) is 1. The van der Waals surface area contributed by atoms with Crippen LogP contribution in [0.3, 0.4) is 0 Å². The lowest BCUT2D eigenvalue weighted by molar-refractivity contribution is -0.142. The molecule has 2 rings (SSSR count). The SMILES string of the molecule is CSCC[C@H](NC(=O)[C@H](CO)NC(=O)[C@H](Cc1c[nH]c2ccccc12)NC(=O)[C@H](CC(N)=O)NC(=O)[C@H](C)N)C(=O)O. The first-order chi connectivity index (χ1) is 19.9. The molecule has 11 N–H and O–H groups in total. The van der Waals surface area contributed by atoms with Crippen molar-refractivity contribution in [1.82, 2.24) is 26.3 Å². The number of carbonyl (C=O) groups excluding carboxylic acids is 5. The number of thioether (sulfide) groups is 1. The largest absolute Gasteiger partial charge is 0.480 e. The standard InChI is InChI=1S/C26H37N7O8S/c1-13(27)22(36)31-19(10-21(28)35)24(38)32-18(9-14-11-29-16-6-4-3-5-15(14)16)23(37)33-20(12-34)25(39)30-17(26(40)41)7-8-42-2/h3-6,11,13,17-20,29,34H,7-10,12,27H2,1-2H3,(H2,28,35)(H,30,39)(H,31,36)(H,32,38)(H,33,37)(H,40,41)/t13-,17-,18-,19-,20-/m0/s1. The van der Waals surface area contributed by atoms with Gasteiger partial charge in [0.1, 0.15) is 24.2 Å². The highest BCUT2D eigenvalue weighted by Gasteiger charge is 2.32. The monoisotopic (exact) mass is 607 g/mol. The van der Waals surface area contributed by atoms with Crippen LogP contribution in [-0.4, -0.2) is 99.5 Å². The molecule has 0 radical (unpaired) electrons. The van der Waals surface area contributed by atoms with E-state index >= 15 is 0 Å². The number of primary amides is 1. The molecule has 5 amide bonds. The molecule has 0 fully saturated rings. The summed E-state index contributed by atoms with van der Waals surface area (Å²) in [6.45, 7) is 0.507. The summed E-state index contributed by atoms with van der Waals surface area (Å²) >= 11 is 1.38. The number of aliphatic carboxylic acids is 1. The average Bonchev–Trinajstić information content (AvgIpc) is 3.34. The summed E-state index contributed by atoms with van der Waals surface area (Å²) in [4.78, 5) is 77.8. The number of amides is 5. The normalized spacial score (nSPS) is 14.6. The Labute approximate surface area is 245 Å². The van der Waals surface area contributed by atoms with Crippen LogP contribution < -0.4 is 32.7 Å². The second kappa shape index (κ2) is 16.3. The van der Waals surface area contributed by atoms with Gasteiger partial charge in [0.15, 0.2) is 0 Å². The maximum atomic E-state index is 13.4. The third-order valence-electron chi connectivity index (χ3n) is 6.22. The number of para-hydroxylation sites is 1. The topological polar surface area (TPSA) is 259 Å². The van der Waals surface area contributed by atoms with Gasteiger partial charge in [-0.3, -0.25) is 24.0 Å². The summed E-state index contributed by atoms with van der Waals surface area (Å²) in [7, 11) is 0. The van der Waals surface area contributed by atoms with Gasteiger partial charge in [-0.05, 0) is 37.0 Å². The third kappa shape index (κ3) is 10.0. The minimum absolute atomic E-state index is 0.0998. The van der Waals surface area contributed by atoms with Crippen LogP contribution in [0.2, 0.25) is 0 Å². The molecule has 1 aromatic heterocycles. The Morgan fingerprint density at radius 1 is 0.905 bits per heavy atom. The molecule has 230 valence electrons. The number of carboxylic acids is 1. The fourth-order valence-corrected chi connectivity index (χ4v) is 4.42. The zero-order chi connectivity index (χ0) is 31.4. The van der Waals surface area contributed by atoms with Crippen molar-refractivity contribution >= 4 is 58.2 Å². The van der Waals surface area contributed by atoms with Crippen molar-refractivity contribution in [2.75, 3.05) is 18.6 Å². The smallest absolute Gasteiger partial charge is 0.326 e. The molecule has 0 saturated carbocycles. The van der Waals surface area contributed by atoms with Crippen molar-refractivity contribution in [3.63, 3.8) is 0 Å². The van der Waals surface area contributed by atoms with E-state index in [0.717, 1.165) is 10.9 Å². The van der Waals surface area contributed by atoms with E-state index in [-0.39, 0.29) is 12.8 Å². The predicted octanol–water partition coefficient (Wildman–Crippen LogP) is -2.30. The van der Waals surface area contributed by atoms with E-state index in [0.29, 0.717) is 11.3 Å². The molecule has 0 bridgehead atoms. The lowest BCUT2D eigenvalue weighted by Crippen LogP contribution is -2.59. The van der Waals surface area contributed by atoms with Crippen LogP contribution in [0.4, 0.5) is 0 Å². The minimum atomic E-state index is -1.55. The molecular formula is C26H37N7O8S. The van der Waals surface area contributed by atoms with Crippen LogP contribution in [0.15, 0.2) is 30.5 Å². The molecule has 16 heteroatoms. The number of aromatic amines is 1. The molecule has 0 saturated heterocycles. The van der Waals surface area contributed by atoms with Crippen LogP contribution in [0.1, 0.15) is 25.3 Å². The second-order valence-electron chi connectivity index (χ2n) is 9.57. The van der Waals surface area contributed by atoms with Gasteiger partial charge in [-0.1, -0.05) is 18.2 Å². The molecule has 15 nitrogen and oxygen atoms in total. The minimum Gasteiger partial charge on any atom is -0.480 e. The Hall–Kier alpha value is -4.15. The zero-order valence-corrected chi connectivity index (χ0v) is 24.0. The highest BCUT2D eigenvalue weighted by Crippen LogP contribution is 2.19. The first-order valence-corrected chi connectivity index (χ1v) is 14.4. The van der Waals surface area contributed by atoms with E-state index in [1.165, 1.54) is 18.7 Å². The Kier molecular flexibility index (Phi) is 13.2. The number of hydrogen-bond donors (Lipinski definition) is 9. The number of rotatable bonds is 17. The maximum absolute atomic E-state index is 13.4. The molecular weight excluding hydrogens is 570 g/mol. The molecule has 0 aliphatic heterocycles. The average molecular weight is 608 g/mol. The van der Waals surface area contributed by atoms with Crippen LogP contribution >= 0.6 is 11.8 Å². The first kappa shape index (κ1) is 34.1. The zero-order valence-electron chi connectivity index (χ0n) is 23.2. The van der Waals surface area contributed by atoms with Crippen molar-refractivity contribution < 1.29 is 39.0 Å². The fourth-order valence-electron chi connectivity index (χ4n) is 3.95. The van der Waals surface area contributed by atoms with Gasteiger partial charge >= 0.3 is 5.97 Å². The van der Waals surface area contributed by atoms with E-state index in [4.69, 9.17) is 11.5 Å². The van der Waals surface area contributed by atoms with Gasteiger partial charge in [0.25, 0.3) is 0 Å². The molecule has 42 heavy (non-hydrogen) atoms. The number of benzene rings is 1. The van der Waals surface area contributed by atoms with E-state index in [9.17, 15) is 39.0 Å². The summed E-state index contributed by atoms with van der Waals surface area (Å²) in [5.41, 5.74) is 12.2. The summed E-state index contributed by atoms with van der Waals surface area (Å²) < 4.78 is 0. The molecule has 1 aromatic carbocycles. The van der Waals surface area contributed by atoms with Gasteiger partial charge in [0.05, 0.1) is 19.1 Å². The fraction of sp³-hybridized carbons (Fsp3) is 0.462. The quantitative estimate of drug-likeness (QED) is 0.0929. The van der Waals surface area contributed by atoms with Crippen LogP contribution in [0.25, 0.3) is 10.9 Å². The number of hydrogen-bond acceptors (Lipinski definition) is 9. The number of H-pyrrole nitrogens is 1. The second-order valence-corrected chi connectivity index (χ2v) is 10.6. The molecule has 0 aliphatic rings. The van der Waals surface area contributed by atoms with E-state index in [1.54, 1.807) is 36.7 Å². The summed E-state index contributed by atoms with van der Waals surface area (Å²) in [5, 5.41) is 29.5. The number of aliphatic hydroxyl groups excluding tert-OH is 1. The highest BCUT2D eigenvalue weighted by atomic mass is 32.2. The molecule has 0 spiro atoms. The summed E-state index contributed by atoms with van der Waals surface area (Å²) in [5.74, 6) is -5.22. The Balaban J connectivity index is 2.32. The lowest BCUT2D eigenvalue weighted by Gasteiger charge is -2.25. The number of fused-ring (bicyclic) bond motifs is 1. The number of nitrogens with two attached hydrogens (primary N) is 2. The van der Waals surface area contributed by atoms with Crippen molar-refractivity contribution in [2.45, 2.75) is 56.4 Å². The van der Waals surface area contributed by atoms with Crippen LogP contribution in [0.5, 0.6) is 0 Å². The molecule has 2 aromatic rings. The lowest BCUT2D eigenvalue weighted by atomic mass is 10.0. The molecule has 0 unspecified atom stereocenters. The van der Waals surface area contributed by atoms with E-state index < -0.39 is 78.7 Å². The van der Waals surface area contributed by atoms with Crippen molar-refractivity contribution in [3.8, 4) is 0 Å². The van der Waals surface area contributed by atoms with Crippen LogP contribution in [0, 0.1) is 0 Å². The van der Waals surface area contributed by atoms with E-state index in [2.05, 4.69) is 26.3 Å². The summed E-state index contributed by atoms with van der Waals surface area (Å²) in [6.07, 6.45) is 2.84. The number of aromatic nitrogens is 1. The first-order valence-electron chi connectivity index (χ1n) is 13.0. The molecule has 5 atom stereocenters. The molecule has 1 heterocycles. The van der Waals surface area contributed by atoms with Gasteiger partial charge in [-0.25, -0.2) is 4.79 Å². The number of carbonyl (C=O) groups is 6. The number of aliphatic hydroxyl groups is 1. The van der Waals surface area contributed by atoms with Gasteiger partial charge in [0.2, 0.25) is 29.5 Å². The highest BCUT2D eigenvalue weighted by molar-refractivity contribution is 7.98. The summed E-state index contributed by atoms with van der Waals surface area (Å²) in [6, 6.07) is 0.558. The van der Waals surface area contributed by atoms with Crippen molar-refractivity contribution in [1.29, 1.82) is 0 Å². The Morgan fingerprint density at radius 2 is 1.48 bits per heavy atom. The Morgan fingerprint density at radius 3 is 2.07 bits per heavy atom. The Bertz CT molecular complexity index is 1280.